The molecule has 1 aliphatic heterocycles. The van der Waals surface area contributed by atoms with Crippen LogP contribution in [0.25, 0.3) is 0 Å². The molecular formula is C18H21F2N3O3S2. The molecule has 10 heteroatoms. The molecule has 0 bridgehead atoms. The first-order chi connectivity index (χ1) is 13.2. The molecule has 1 fully saturated rings. The second kappa shape index (κ2) is 8.14. The van der Waals surface area contributed by atoms with Gasteiger partial charge in [-0.15, -0.1) is 11.3 Å². The molecule has 2 heterocycles. The van der Waals surface area contributed by atoms with Gasteiger partial charge in [0.25, 0.3) is 10.0 Å². The summed E-state index contributed by atoms with van der Waals surface area (Å²) >= 11 is 1.13. The van der Waals surface area contributed by atoms with Crippen molar-refractivity contribution in [2.75, 3.05) is 37.4 Å². The van der Waals surface area contributed by atoms with Gasteiger partial charge in [0, 0.05) is 32.9 Å². The quantitative estimate of drug-likeness (QED) is 0.793. The van der Waals surface area contributed by atoms with Crippen LogP contribution in [-0.4, -0.2) is 45.8 Å². The Kier molecular flexibility index (Phi) is 6.01. The maximum atomic E-state index is 14.1. The van der Waals surface area contributed by atoms with E-state index in [1.807, 2.05) is 0 Å². The Balaban J connectivity index is 1.73. The fourth-order valence-corrected chi connectivity index (χ4v) is 5.89. The molecule has 28 heavy (non-hydrogen) atoms. The van der Waals surface area contributed by atoms with Crippen LogP contribution >= 0.6 is 11.3 Å². The monoisotopic (exact) mass is 429 g/mol. The van der Waals surface area contributed by atoms with E-state index >= 15 is 0 Å². The van der Waals surface area contributed by atoms with Crippen LogP contribution in [0.1, 0.15) is 12.8 Å². The van der Waals surface area contributed by atoms with Crippen LogP contribution in [0, 0.1) is 17.6 Å². The summed E-state index contributed by atoms with van der Waals surface area (Å²) in [5, 5.41) is 4.19. The summed E-state index contributed by atoms with van der Waals surface area (Å²) in [6.07, 6.45) is 1.04. The van der Waals surface area contributed by atoms with E-state index in [-0.39, 0.29) is 22.1 Å². The molecule has 1 aromatic carbocycles. The molecule has 1 aliphatic rings. The third-order valence-electron chi connectivity index (χ3n) is 4.58. The van der Waals surface area contributed by atoms with Crippen LogP contribution < -0.4 is 10.2 Å². The van der Waals surface area contributed by atoms with Crippen LogP contribution in [0.5, 0.6) is 0 Å². The van der Waals surface area contributed by atoms with Crippen LogP contribution in [0.2, 0.25) is 0 Å². The highest BCUT2D eigenvalue weighted by atomic mass is 32.2. The highest BCUT2D eigenvalue weighted by molar-refractivity contribution is 7.91. The molecule has 152 valence electrons. The van der Waals surface area contributed by atoms with E-state index in [1.54, 1.807) is 11.4 Å². The predicted molar refractivity (Wildman–Crippen MR) is 105 cm³/mol. The van der Waals surface area contributed by atoms with Gasteiger partial charge in [-0.1, -0.05) is 6.07 Å². The van der Waals surface area contributed by atoms with Crippen molar-refractivity contribution in [3.8, 4) is 0 Å². The van der Waals surface area contributed by atoms with E-state index in [4.69, 9.17) is 0 Å². The molecule has 0 radical (unpaired) electrons. The fourth-order valence-electron chi connectivity index (χ4n) is 3.22. The first kappa shape index (κ1) is 20.7. The van der Waals surface area contributed by atoms with Crippen molar-refractivity contribution >= 4 is 38.6 Å². The number of amides is 1. The number of rotatable bonds is 5. The Bertz CT molecular complexity index is 939. The standard InChI is InChI=1S/C18H21F2N3O3S2/c1-22(2)17-14(19)9-13(10-15(17)20)21-18(24)12-5-3-7-23(11-12)28(25,26)16-6-4-8-27-16/h4,6,8-10,12H,3,5,7,11H2,1-2H3,(H,21,24). The Morgan fingerprint density at radius 3 is 2.54 bits per heavy atom. The summed E-state index contributed by atoms with van der Waals surface area (Å²) < 4.78 is 55.1. The Hall–Kier alpha value is -2.04. The third-order valence-corrected chi connectivity index (χ3v) is 7.81. The third kappa shape index (κ3) is 4.18. The van der Waals surface area contributed by atoms with Crippen molar-refractivity contribution in [2.24, 2.45) is 5.92 Å². The lowest BCUT2D eigenvalue weighted by atomic mass is 9.98. The summed E-state index contributed by atoms with van der Waals surface area (Å²) in [6, 6.07) is 5.30. The molecule has 1 unspecified atom stereocenters. The number of carbonyl (C=O) groups is 1. The molecule has 0 spiro atoms. The van der Waals surface area contributed by atoms with E-state index in [9.17, 15) is 22.0 Å². The average Bonchev–Trinajstić information content (AvgIpc) is 3.16. The van der Waals surface area contributed by atoms with Crippen LogP contribution in [0.4, 0.5) is 20.2 Å². The zero-order valence-corrected chi connectivity index (χ0v) is 17.1. The lowest BCUT2D eigenvalue weighted by Gasteiger charge is -2.30. The lowest BCUT2D eigenvalue weighted by molar-refractivity contribution is -0.120. The Labute approximate surface area is 166 Å². The fraction of sp³-hybridized carbons (Fsp3) is 0.389. The van der Waals surface area contributed by atoms with Gasteiger partial charge in [0.2, 0.25) is 5.91 Å². The molecule has 0 saturated carbocycles. The van der Waals surface area contributed by atoms with E-state index < -0.39 is 33.5 Å². The Morgan fingerprint density at radius 2 is 1.96 bits per heavy atom. The molecule has 1 atom stereocenters. The SMILES string of the molecule is CN(C)c1c(F)cc(NC(=O)C2CCCN(S(=O)(=O)c3cccs3)C2)cc1F. The van der Waals surface area contributed by atoms with Crippen molar-refractivity contribution in [1.29, 1.82) is 0 Å². The number of sulfonamides is 1. The van der Waals surface area contributed by atoms with Crippen LogP contribution in [0.3, 0.4) is 0 Å². The van der Waals surface area contributed by atoms with Crippen LogP contribution in [-0.2, 0) is 14.8 Å². The molecule has 6 nitrogen and oxygen atoms in total. The number of hydrogen-bond acceptors (Lipinski definition) is 5. The minimum atomic E-state index is -3.64. The number of nitrogens with one attached hydrogen (secondary N) is 1. The average molecular weight is 430 g/mol. The molecule has 3 rings (SSSR count). The topological polar surface area (TPSA) is 69.7 Å². The molecule has 1 N–H and O–H groups in total. The number of piperidine rings is 1. The van der Waals surface area contributed by atoms with E-state index in [2.05, 4.69) is 5.32 Å². The van der Waals surface area contributed by atoms with Crippen molar-refractivity contribution in [3.05, 3.63) is 41.3 Å². The van der Waals surface area contributed by atoms with Crippen molar-refractivity contribution in [1.82, 2.24) is 4.31 Å². The van der Waals surface area contributed by atoms with Crippen molar-refractivity contribution in [2.45, 2.75) is 17.1 Å². The van der Waals surface area contributed by atoms with Crippen LogP contribution in [0.15, 0.2) is 33.9 Å². The number of carbonyl (C=O) groups excluding carboxylic acids is 1. The van der Waals surface area contributed by atoms with Gasteiger partial charge < -0.3 is 10.2 Å². The van der Waals surface area contributed by atoms with Gasteiger partial charge in [-0.25, -0.2) is 17.2 Å². The molecule has 0 aliphatic carbocycles. The van der Waals surface area contributed by atoms with Crippen molar-refractivity contribution in [3.63, 3.8) is 0 Å². The minimum Gasteiger partial charge on any atom is -0.373 e. The van der Waals surface area contributed by atoms with Crippen molar-refractivity contribution < 1.29 is 22.0 Å². The number of thiophene rings is 1. The van der Waals surface area contributed by atoms with Gasteiger partial charge in [0.1, 0.15) is 9.90 Å². The first-order valence-corrected chi connectivity index (χ1v) is 11.0. The summed E-state index contributed by atoms with van der Waals surface area (Å²) in [5.74, 6) is -2.62. The normalized spacial score (nSPS) is 18.1. The first-order valence-electron chi connectivity index (χ1n) is 8.71. The zero-order chi connectivity index (χ0) is 20.5. The smallest absolute Gasteiger partial charge is 0.252 e. The number of anilines is 2. The summed E-state index contributed by atoms with van der Waals surface area (Å²) in [4.78, 5) is 13.9. The summed E-state index contributed by atoms with van der Waals surface area (Å²) in [5.41, 5.74) is -0.187. The second-order valence-electron chi connectivity index (χ2n) is 6.81. The van der Waals surface area contributed by atoms with Gasteiger partial charge >= 0.3 is 0 Å². The molecular weight excluding hydrogens is 408 g/mol. The van der Waals surface area contributed by atoms with Gasteiger partial charge in [0.15, 0.2) is 11.6 Å². The maximum absolute atomic E-state index is 14.1. The molecule has 1 saturated heterocycles. The maximum Gasteiger partial charge on any atom is 0.252 e. The Morgan fingerprint density at radius 1 is 1.29 bits per heavy atom. The molecule has 2 aromatic rings. The summed E-state index contributed by atoms with van der Waals surface area (Å²) in [7, 11) is -0.604. The van der Waals surface area contributed by atoms with Gasteiger partial charge in [0.05, 0.1) is 5.92 Å². The van der Waals surface area contributed by atoms with E-state index in [0.717, 1.165) is 23.5 Å². The van der Waals surface area contributed by atoms with E-state index in [0.29, 0.717) is 19.4 Å². The minimum absolute atomic E-state index is 0.00355. The summed E-state index contributed by atoms with van der Waals surface area (Å²) in [6.45, 7) is 0.373. The molecule has 1 aromatic heterocycles. The van der Waals surface area contributed by atoms with E-state index in [1.165, 1.54) is 29.4 Å². The largest absolute Gasteiger partial charge is 0.373 e. The number of nitrogens with zero attached hydrogens (tertiary/aromatic N) is 2. The molecule has 1 amide bonds. The zero-order valence-electron chi connectivity index (χ0n) is 15.5. The number of hydrogen-bond donors (Lipinski definition) is 1. The lowest BCUT2D eigenvalue weighted by Crippen LogP contribution is -2.43. The number of benzene rings is 1. The van der Waals surface area contributed by atoms with Gasteiger partial charge in [-0.2, -0.15) is 4.31 Å². The van der Waals surface area contributed by atoms with Gasteiger partial charge in [-0.3, -0.25) is 4.79 Å². The highest BCUT2D eigenvalue weighted by Crippen LogP contribution is 2.29. The number of halogens is 2. The van der Waals surface area contributed by atoms with Gasteiger partial charge in [-0.05, 0) is 36.4 Å². The second-order valence-corrected chi connectivity index (χ2v) is 9.92. The highest BCUT2D eigenvalue weighted by Gasteiger charge is 2.34. The predicted octanol–water partition coefficient (Wildman–Crippen LogP) is 3.13.